The lowest BCUT2D eigenvalue weighted by molar-refractivity contribution is 0.260. The van der Waals surface area contributed by atoms with Gasteiger partial charge < -0.3 is 15.0 Å². The lowest BCUT2D eigenvalue weighted by atomic mass is 9.87. The van der Waals surface area contributed by atoms with Crippen LogP contribution < -0.4 is 10.1 Å². The second-order valence-electron chi connectivity index (χ2n) is 9.51. The van der Waals surface area contributed by atoms with E-state index in [0.29, 0.717) is 0 Å². The molecule has 1 aliphatic carbocycles. The maximum absolute atomic E-state index is 6.24. The number of nitrogens with zero attached hydrogens (tertiary/aromatic N) is 2. The van der Waals surface area contributed by atoms with E-state index in [2.05, 4.69) is 94.2 Å². The van der Waals surface area contributed by atoms with Crippen molar-refractivity contribution in [1.82, 2.24) is 9.97 Å². The lowest BCUT2D eigenvalue weighted by Gasteiger charge is -2.19. The third-order valence-electron chi connectivity index (χ3n) is 7.10. The minimum atomic E-state index is -0.152. The minimum absolute atomic E-state index is 0.152. The summed E-state index contributed by atoms with van der Waals surface area (Å²) in [4.78, 5) is 12.8. The van der Waals surface area contributed by atoms with Gasteiger partial charge in [-0.1, -0.05) is 60.7 Å². The molecule has 0 saturated carbocycles. The topological polar surface area (TPSA) is 62.3 Å². The van der Waals surface area contributed by atoms with Gasteiger partial charge in [0.1, 0.15) is 5.75 Å². The van der Waals surface area contributed by atoms with Crippen LogP contribution in [0.2, 0.25) is 0 Å². The maximum atomic E-state index is 6.24. The van der Waals surface area contributed by atoms with Crippen molar-refractivity contribution >= 4 is 17.0 Å². The number of allylic oxidation sites excluding steroid dienone is 5. The van der Waals surface area contributed by atoms with Crippen molar-refractivity contribution in [2.24, 2.45) is 4.99 Å². The normalized spacial score (nSPS) is 19.7. The quantitative estimate of drug-likeness (QED) is 0.320. The highest BCUT2D eigenvalue weighted by Gasteiger charge is 2.24. The van der Waals surface area contributed by atoms with Crippen molar-refractivity contribution < 1.29 is 4.74 Å². The first-order valence-electron chi connectivity index (χ1n) is 12.7. The van der Waals surface area contributed by atoms with Gasteiger partial charge in [0.2, 0.25) is 0 Å². The molecular weight excluding hydrogens is 456 g/mol. The van der Waals surface area contributed by atoms with Gasteiger partial charge in [-0.25, -0.2) is 4.98 Å². The molecule has 180 valence electrons. The third-order valence-corrected chi connectivity index (χ3v) is 7.10. The Labute approximate surface area is 216 Å². The van der Waals surface area contributed by atoms with E-state index >= 15 is 0 Å². The van der Waals surface area contributed by atoms with Gasteiger partial charge in [-0.3, -0.25) is 4.99 Å². The molecule has 0 spiro atoms. The average Bonchev–Trinajstić information content (AvgIpc) is 3.75. The van der Waals surface area contributed by atoms with Crippen molar-refractivity contribution in [3.8, 4) is 17.1 Å². The van der Waals surface area contributed by atoms with Gasteiger partial charge in [0.25, 0.3) is 0 Å². The summed E-state index contributed by atoms with van der Waals surface area (Å²) in [5.74, 6) is 1.17. The van der Waals surface area contributed by atoms with Crippen LogP contribution in [0.4, 0.5) is 5.69 Å². The zero-order chi connectivity index (χ0) is 24.6. The van der Waals surface area contributed by atoms with Crippen molar-refractivity contribution in [1.29, 1.82) is 0 Å². The Balaban J connectivity index is 1.13. The maximum Gasteiger partial charge on any atom is 0.196 e. The fourth-order valence-corrected chi connectivity index (χ4v) is 5.14. The van der Waals surface area contributed by atoms with Crippen LogP contribution in [0.25, 0.3) is 17.0 Å². The van der Waals surface area contributed by atoms with Gasteiger partial charge in [0.15, 0.2) is 6.23 Å². The van der Waals surface area contributed by atoms with Crippen LogP contribution in [0.15, 0.2) is 114 Å². The molecule has 2 aliphatic heterocycles. The van der Waals surface area contributed by atoms with Crippen molar-refractivity contribution in [2.45, 2.75) is 18.6 Å². The van der Waals surface area contributed by atoms with Crippen LogP contribution in [0, 0.1) is 0 Å². The van der Waals surface area contributed by atoms with Gasteiger partial charge >= 0.3 is 0 Å². The van der Waals surface area contributed by atoms with E-state index in [1.54, 1.807) is 0 Å². The van der Waals surface area contributed by atoms with Crippen LogP contribution in [-0.4, -0.2) is 22.2 Å². The summed E-state index contributed by atoms with van der Waals surface area (Å²) in [5, 5.41) is 3.47. The molecule has 2 N–H and O–H groups in total. The number of nitrogens with one attached hydrogen (secondary N) is 2. The highest BCUT2D eigenvalue weighted by atomic mass is 16.5. The number of pyridine rings is 1. The molecule has 0 bridgehead atoms. The Morgan fingerprint density at radius 1 is 0.865 bits per heavy atom. The van der Waals surface area contributed by atoms with Crippen LogP contribution in [0.5, 0.6) is 5.75 Å². The van der Waals surface area contributed by atoms with Gasteiger partial charge in [-0.15, -0.1) is 0 Å². The Bertz CT molecular complexity index is 1580. The number of hydrogen-bond acceptors (Lipinski definition) is 4. The SMILES string of the molecule is C1=CC(c2cc(C3C=CC(c4ccc5c(c4)OC(c4ccccc4)N5)=CC3)cc(-c3ccc[nH]3)n2)=NC1. The molecule has 2 atom stereocenters. The standard InChI is InChI=1S/C32H26N4O/c1-2-6-23(7-3-1)32-36-28-15-14-24(20-31(28)37-32)21-10-12-22(13-11-21)25-18-29(26-8-4-16-33-26)35-30(19-25)27-9-5-17-34-27/h1-12,14-16,18-20,22,32-33,36H,13,17H2. The summed E-state index contributed by atoms with van der Waals surface area (Å²) in [6, 6.07) is 25.1. The van der Waals surface area contributed by atoms with E-state index in [0.717, 1.165) is 58.3 Å². The van der Waals surface area contributed by atoms with Crippen LogP contribution in [0.1, 0.15) is 41.0 Å². The molecule has 4 heterocycles. The number of aromatic nitrogens is 2. The number of hydrogen-bond donors (Lipinski definition) is 2. The number of aromatic amines is 1. The monoisotopic (exact) mass is 482 g/mol. The number of anilines is 1. The molecule has 2 aromatic heterocycles. The highest BCUT2D eigenvalue weighted by molar-refractivity contribution is 6.09. The van der Waals surface area contributed by atoms with Crippen molar-refractivity contribution in [3.05, 3.63) is 132 Å². The van der Waals surface area contributed by atoms with E-state index in [-0.39, 0.29) is 12.1 Å². The lowest BCUT2D eigenvalue weighted by Crippen LogP contribution is -2.09. The predicted octanol–water partition coefficient (Wildman–Crippen LogP) is 7.07. The Morgan fingerprint density at radius 3 is 2.57 bits per heavy atom. The van der Waals surface area contributed by atoms with E-state index in [4.69, 9.17) is 9.72 Å². The van der Waals surface area contributed by atoms with Crippen molar-refractivity contribution in [3.63, 3.8) is 0 Å². The van der Waals surface area contributed by atoms with Crippen LogP contribution >= 0.6 is 0 Å². The second kappa shape index (κ2) is 9.10. The first-order chi connectivity index (χ1) is 18.3. The number of benzene rings is 2. The molecule has 0 saturated heterocycles. The summed E-state index contributed by atoms with van der Waals surface area (Å²) in [5.41, 5.74) is 9.61. The summed E-state index contributed by atoms with van der Waals surface area (Å²) in [6.07, 6.45) is 13.7. The van der Waals surface area contributed by atoms with Gasteiger partial charge in [-0.05, 0) is 65.6 Å². The van der Waals surface area contributed by atoms with Crippen LogP contribution in [0.3, 0.4) is 0 Å². The molecule has 0 radical (unpaired) electrons. The highest BCUT2D eigenvalue weighted by Crippen LogP contribution is 2.41. The van der Waals surface area contributed by atoms with Crippen molar-refractivity contribution in [2.75, 3.05) is 11.9 Å². The first-order valence-corrected chi connectivity index (χ1v) is 12.7. The number of aliphatic imine (C=N–C) groups is 1. The predicted molar refractivity (Wildman–Crippen MR) is 149 cm³/mol. The smallest absolute Gasteiger partial charge is 0.196 e. The minimum Gasteiger partial charge on any atom is -0.464 e. The van der Waals surface area contributed by atoms with E-state index in [1.807, 2.05) is 30.5 Å². The summed E-state index contributed by atoms with van der Waals surface area (Å²) in [7, 11) is 0. The Morgan fingerprint density at radius 2 is 1.78 bits per heavy atom. The summed E-state index contributed by atoms with van der Waals surface area (Å²) < 4.78 is 6.24. The summed E-state index contributed by atoms with van der Waals surface area (Å²) >= 11 is 0. The molecule has 5 heteroatoms. The average molecular weight is 483 g/mol. The van der Waals surface area contributed by atoms with Gasteiger partial charge in [0, 0.05) is 17.7 Å². The Hall–Kier alpha value is -4.64. The van der Waals surface area contributed by atoms with Gasteiger partial charge in [-0.2, -0.15) is 0 Å². The largest absolute Gasteiger partial charge is 0.464 e. The molecule has 4 aromatic rings. The summed E-state index contributed by atoms with van der Waals surface area (Å²) in [6.45, 7) is 0.723. The molecule has 37 heavy (non-hydrogen) atoms. The Kier molecular flexibility index (Phi) is 5.32. The number of rotatable bonds is 5. The number of H-pyrrole nitrogens is 1. The zero-order valence-corrected chi connectivity index (χ0v) is 20.3. The van der Waals surface area contributed by atoms with Gasteiger partial charge in [0.05, 0.1) is 35.0 Å². The molecule has 7 rings (SSSR count). The third kappa shape index (κ3) is 4.19. The van der Waals surface area contributed by atoms with E-state index < -0.39 is 0 Å². The molecule has 3 aliphatic rings. The second-order valence-corrected chi connectivity index (χ2v) is 9.51. The van der Waals surface area contributed by atoms with Crippen LogP contribution in [-0.2, 0) is 0 Å². The molecular formula is C32H26N4O. The molecule has 5 nitrogen and oxygen atoms in total. The first kappa shape index (κ1) is 21.6. The number of ether oxygens (including phenoxy) is 1. The zero-order valence-electron chi connectivity index (χ0n) is 20.3. The fraction of sp³-hybridized carbons (Fsp3) is 0.125. The molecule has 0 amide bonds. The molecule has 2 unspecified atom stereocenters. The molecule has 2 aromatic carbocycles. The molecule has 0 fully saturated rings. The fourth-order valence-electron chi connectivity index (χ4n) is 5.14. The van der Waals surface area contributed by atoms with E-state index in [1.165, 1.54) is 11.1 Å². The number of fused-ring (bicyclic) bond motifs is 1. The van der Waals surface area contributed by atoms with E-state index in [9.17, 15) is 0 Å².